The lowest BCUT2D eigenvalue weighted by Crippen LogP contribution is -2.36. The first-order valence-corrected chi connectivity index (χ1v) is 8.54. The molecule has 0 aliphatic carbocycles. The Kier molecular flexibility index (Phi) is 5.28. The van der Waals surface area contributed by atoms with E-state index in [0.29, 0.717) is 25.3 Å². The summed E-state index contributed by atoms with van der Waals surface area (Å²) in [6.45, 7) is 1.14. The smallest absolute Gasteiger partial charge is 0.244 e. The zero-order chi connectivity index (χ0) is 16.3. The van der Waals surface area contributed by atoms with Crippen molar-refractivity contribution in [1.82, 2.24) is 9.62 Å². The predicted octanol–water partition coefficient (Wildman–Crippen LogP) is 0.0135. The molecule has 0 spiro atoms. The second kappa shape index (κ2) is 6.82. The van der Waals surface area contributed by atoms with Gasteiger partial charge in [0, 0.05) is 31.2 Å². The van der Waals surface area contributed by atoms with E-state index in [1.807, 2.05) is 7.05 Å². The van der Waals surface area contributed by atoms with Gasteiger partial charge >= 0.3 is 0 Å². The number of rotatable bonds is 6. The third-order valence-electron chi connectivity index (χ3n) is 3.94. The van der Waals surface area contributed by atoms with Crippen LogP contribution in [0.25, 0.3) is 0 Å². The van der Waals surface area contributed by atoms with Crippen molar-refractivity contribution in [1.29, 1.82) is 0 Å². The molecule has 1 aliphatic heterocycles. The van der Waals surface area contributed by atoms with Gasteiger partial charge in [-0.25, -0.2) is 13.1 Å². The van der Waals surface area contributed by atoms with Gasteiger partial charge < -0.3 is 20.1 Å². The molecule has 1 aromatic carbocycles. The van der Waals surface area contributed by atoms with Crippen LogP contribution in [0.4, 0.5) is 0 Å². The van der Waals surface area contributed by atoms with Gasteiger partial charge in [-0.1, -0.05) is 0 Å². The highest BCUT2D eigenvalue weighted by molar-refractivity contribution is 7.89. The number of nitrogens with zero attached hydrogens (tertiary/aromatic N) is 1. The number of hydrogen-bond acceptors (Lipinski definition) is 6. The van der Waals surface area contributed by atoms with Crippen LogP contribution < -0.4 is 19.9 Å². The van der Waals surface area contributed by atoms with Crippen molar-refractivity contribution in [3.05, 3.63) is 18.2 Å². The van der Waals surface area contributed by atoms with Gasteiger partial charge in [-0.2, -0.15) is 0 Å². The standard InChI is InChI=1S/C14H23N3O4S/c1-17-9-10(6-11(17)8-15)16-22(18,19)14-7-12(20-2)4-5-13(14)21-3/h4-5,7,10-11,16H,6,8-9,15H2,1-3H3/t10-,11-/m1/s1. The normalized spacial score (nSPS) is 22.7. The van der Waals surface area contributed by atoms with E-state index >= 15 is 0 Å². The fraction of sp³-hybridized carbons (Fsp3) is 0.571. The third-order valence-corrected chi connectivity index (χ3v) is 5.48. The Labute approximate surface area is 131 Å². The first-order valence-electron chi connectivity index (χ1n) is 7.06. The fourth-order valence-corrected chi connectivity index (χ4v) is 4.14. The molecule has 1 fully saturated rings. The Morgan fingerprint density at radius 1 is 1.36 bits per heavy atom. The maximum atomic E-state index is 12.6. The highest BCUT2D eigenvalue weighted by Crippen LogP contribution is 2.29. The summed E-state index contributed by atoms with van der Waals surface area (Å²) in [6.07, 6.45) is 0.693. The highest BCUT2D eigenvalue weighted by atomic mass is 32.2. The summed E-state index contributed by atoms with van der Waals surface area (Å²) in [7, 11) is 1.17. The topological polar surface area (TPSA) is 93.9 Å². The van der Waals surface area contributed by atoms with Gasteiger partial charge in [-0.3, -0.25) is 0 Å². The van der Waals surface area contributed by atoms with Crippen molar-refractivity contribution in [2.75, 3.05) is 34.4 Å². The number of ether oxygens (including phenoxy) is 2. The summed E-state index contributed by atoms with van der Waals surface area (Å²) in [6, 6.07) is 4.72. The van der Waals surface area contributed by atoms with E-state index < -0.39 is 10.0 Å². The summed E-state index contributed by atoms with van der Waals surface area (Å²) >= 11 is 0. The van der Waals surface area contributed by atoms with Crippen LogP contribution in [0.2, 0.25) is 0 Å². The van der Waals surface area contributed by atoms with Gasteiger partial charge in [-0.15, -0.1) is 0 Å². The molecule has 0 aromatic heterocycles. The lowest BCUT2D eigenvalue weighted by atomic mass is 10.2. The maximum Gasteiger partial charge on any atom is 0.244 e. The first kappa shape index (κ1) is 17.0. The molecule has 1 saturated heterocycles. The van der Waals surface area contributed by atoms with Crippen LogP contribution in [0, 0.1) is 0 Å². The molecule has 2 atom stereocenters. The van der Waals surface area contributed by atoms with Crippen molar-refractivity contribution in [2.24, 2.45) is 5.73 Å². The Morgan fingerprint density at radius 3 is 2.64 bits per heavy atom. The number of nitrogens with two attached hydrogens (primary N) is 1. The molecule has 3 N–H and O–H groups in total. The Balaban J connectivity index is 2.24. The molecule has 22 heavy (non-hydrogen) atoms. The summed E-state index contributed by atoms with van der Waals surface area (Å²) in [5.74, 6) is 0.750. The Morgan fingerprint density at radius 2 is 2.09 bits per heavy atom. The van der Waals surface area contributed by atoms with Crippen LogP contribution in [0.5, 0.6) is 11.5 Å². The highest BCUT2D eigenvalue weighted by Gasteiger charge is 2.32. The van der Waals surface area contributed by atoms with Crippen LogP contribution in [0.1, 0.15) is 6.42 Å². The molecule has 8 heteroatoms. The molecular weight excluding hydrogens is 306 g/mol. The molecule has 0 saturated carbocycles. The zero-order valence-corrected chi connectivity index (χ0v) is 13.9. The molecule has 0 amide bonds. The predicted molar refractivity (Wildman–Crippen MR) is 83.7 cm³/mol. The third kappa shape index (κ3) is 3.52. The van der Waals surface area contributed by atoms with E-state index in [0.717, 1.165) is 0 Å². The van der Waals surface area contributed by atoms with Gasteiger partial charge in [0.15, 0.2) is 0 Å². The van der Waals surface area contributed by atoms with Gasteiger partial charge in [0.1, 0.15) is 16.4 Å². The molecule has 124 valence electrons. The largest absolute Gasteiger partial charge is 0.497 e. The SMILES string of the molecule is COc1ccc(OC)c(S(=O)(=O)N[C@@H]2C[C@H](CN)N(C)C2)c1. The summed E-state index contributed by atoms with van der Waals surface area (Å²) < 4.78 is 38.3. The molecule has 0 bridgehead atoms. The van der Waals surface area contributed by atoms with Gasteiger partial charge in [-0.05, 0) is 25.6 Å². The monoisotopic (exact) mass is 329 g/mol. The number of benzene rings is 1. The number of likely N-dealkylation sites (N-methyl/N-ethyl adjacent to an activating group) is 1. The van der Waals surface area contributed by atoms with E-state index in [1.165, 1.54) is 20.3 Å². The maximum absolute atomic E-state index is 12.6. The van der Waals surface area contributed by atoms with Crippen LogP contribution in [-0.2, 0) is 10.0 Å². The molecule has 1 aromatic rings. The number of nitrogens with one attached hydrogen (secondary N) is 1. The van der Waals surface area contributed by atoms with E-state index in [-0.39, 0.29) is 22.7 Å². The van der Waals surface area contributed by atoms with E-state index in [9.17, 15) is 8.42 Å². The zero-order valence-electron chi connectivity index (χ0n) is 13.1. The molecule has 0 radical (unpaired) electrons. The second-order valence-corrected chi connectivity index (χ2v) is 7.08. The molecule has 0 unspecified atom stereocenters. The minimum Gasteiger partial charge on any atom is -0.497 e. The minimum absolute atomic E-state index is 0.0770. The van der Waals surface area contributed by atoms with Crippen LogP contribution in [0.3, 0.4) is 0 Å². The first-order chi connectivity index (χ1) is 10.4. The average Bonchev–Trinajstić information content (AvgIpc) is 2.85. The van der Waals surface area contributed by atoms with E-state index in [2.05, 4.69) is 9.62 Å². The van der Waals surface area contributed by atoms with Gasteiger partial charge in [0.05, 0.1) is 14.2 Å². The van der Waals surface area contributed by atoms with Gasteiger partial charge in [0.25, 0.3) is 0 Å². The molecule has 1 heterocycles. The minimum atomic E-state index is -3.70. The van der Waals surface area contributed by atoms with Crippen LogP contribution >= 0.6 is 0 Å². The van der Waals surface area contributed by atoms with Crippen molar-refractivity contribution in [2.45, 2.75) is 23.4 Å². The molecule has 1 aliphatic rings. The lowest BCUT2D eigenvalue weighted by Gasteiger charge is -2.16. The van der Waals surface area contributed by atoms with Gasteiger partial charge in [0.2, 0.25) is 10.0 Å². The Bertz CT molecular complexity index is 621. The molecular formula is C14H23N3O4S. The number of likely N-dealkylation sites (tertiary alicyclic amines) is 1. The number of hydrogen-bond donors (Lipinski definition) is 2. The summed E-state index contributed by atoms with van der Waals surface area (Å²) in [5, 5.41) is 0. The number of methoxy groups -OCH3 is 2. The average molecular weight is 329 g/mol. The van der Waals surface area contributed by atoms with E-state index in [1.54, 1.807) is 12.1 Å². The quantitative estimate of drug-likeness (QED) is 0.764. The number of sulfonamides is 1. The van der Waals surface area contributed by atoms with Crippen molar-refractivity contribution >= 4 is 10.0 Å². The second-order valence-electron chi connectivity index (χ2n) is 5.40. The lowest BCUT2D eigenvalue weighted by molar-refractivity contribution is 0.315. The van der Waals surface area contributed by atoms with Crippen molar-refractivity contribution in [3.63, 3.8) is 0 Å². The van der Waals surface area contributed by atoms with Crippen molar-refractivity contribution in [3.8, 4) is 11.5 Å². The summed E-state index contributed by atoms with van der Waals surface area (Å²) in [5.41, 5.74) is 5.69. The van der Waals surface area contributed by atoms with Crippen LogP contribution in [0.15, 0.2) is 23.1 Å². The molecule has 2 rings (SSSR count). The fourth-order valence-electron chi connectivity index (χ4n) is 2.72. The van der Waals surface area contributed by atoms with Crippen molar-refractivity contribution < 1.29 is 17.9 Å². The van der Waals surface area contributed by atoms with E-state index in [4.69, 9.17) is 15.2 Å². The molecule has 7 nitrogen and oxygen atoms in total. The summed E-state index contributed by atoms with van der Waals surface area (Å²) in [4.78, 5) is 2.14. The van der Waals surface area contributed by atoms with Crippen LogP contribution in [-0.4, -0.2) is 59.8 Å². The Hall–Kier alpha value is -1.35.